The number of carbonyl (C=O) groups excluding carboxylic acids is 3. The zero-order valence-electron chi connectivity index (χ0n) is 27.8. The van der Waals surface area contributed by atoms with Crippen LogP contribution in [0.25, 0.3) is 0 Å². The number of fused-ring (bicyclic) bond motifs is 2. The second kappa shape index (κ2) is 15.8. The Kier molecular flexibility index (Phi) is 13.7. The van der Waals surface area contributed by atoms with Gasteiger partial charge in [-0.15, -0.1) is 0 Å². The van der Waals surface area contributed by atoms with Gasteiger partial charge in [-0.2, -0.15) is 0 Å². The molecule has 0 spiro atoms. The number of benzene rings is 2. The Hall–Kier alpha value is -3.99. The molecule has 2 aromatic rings. The van der Waals surface area contributed by atoms with Crippen molar-refractivity contribution in [3.05, 3.63) is 58.7 Å². The van der Waals surface area contributed by atoms with E-state index in [-0.39, 0.29) is 19.5 Å². The molecule has 0 saturated carbocycles. The van der Waals surface area contributed by atoms with Gasteiger partial charge in [0.2, 0.25) is 0 Å². The number of nitrogens with one attached hydrogen (secondary N) is 1. The minimum atomic E-state index is -1.06. The van der Waals surface area contributed by atoms with Gasteiger partial charge in [0, 0.05) is 11.1 Å². The maximum Gasteiger partial charge on any atom is 0.519 e. The number of amides is 1. The van der Waals surface area contributed by atoms with Crippen LogP contribution in [0, 0.1) is 13.8 Å². The lowest BCUT2D eigenvalue weighted by molar-refractivity contribution is -0.0294. The lowest BCUT2D eigenvalue weighted by Crippen LogP contribution is -2.35. The highest BCUT2D eigenvalue weighted by molar-refractivity contribution is 5.77. The van der Waals surface area contributed by atoms with E-state index in [0.29, 0.717) is 13.2 Å². The predicted molar refractivity (Wildman–Crippen MR) is 173 cm³/mol. The van der Waals surface area contributed by atoms with Crippen molar-refractivity contribution in [3.8, 4) is 11.5 Å². The highest BCUT2D eigenvalue weighted by Crippen LogP contribution is 2.33. The zero-order valence-corrected chi connectivity index (χ0v) is 27.8. The first-order chi connectivity index (χ1) is 20.1. The van der Waals surface area contributed by atoms with Crippen LogP contribution in [0.4, 0.5) is 14.4 Å². The van der Waals surface area contributed by atoms with Gasteiger partial charge in [0.15, 0.2) is 0 Å². The molecule has 0 fully saturated rings. The number of ether oxygens (including phenoxy) is 6. The van der Waals surface area contributed by atoms with Gasteiger partial charge in [-0.25, -0.2) is 14.4 Å². The molecule has 2 atom stereocenters. The topological polar surface area (TPSA) is 145 Å². The first-order valence-electron chi connectivity index (χ1n) is 14.5. The molecule has 11 heteroatoms. The molecule has 3 N–H and O–H groups in total. The van der Waals surface area contributed by atoms with Crippen molar-refractivity contribution >= 4 is 18.4 Å². The summed E-state index contributed by atoms with van der Waals surface area (Å²) in [5, 5.41) is 2.82. The normalized spacial score (nSPS) is 16.3. The molecule has 2 aliphatic heterocycles. The molecule has 0 unspecified atom stereocenters. The molecule has 0 saturated heterocycles. The third-order valence-electron chi connectivity index (χ3n) is 5.57. The van der Waals surface area contributed by atoms with Crippen LogP contribution in [0.15, 0.2) is 36.4 Å². The van der Waals surface area contributed by atoms with Crippen molar-refractivity contribution in [3.63, 3.8) is 0 Å². The summed E-state index contributed by atoms with van der Waals surface area (Å²) >= 11 is 0. The van der Waals surface area contributed by atoms with Gasteiger partial charge < -0.3 is 39.5 Å². The van der Waals surface area contributed by atoms with E-state index >= 15 is 0 Å². The second-order valence-corrected chi connectivity index (χ2v) is 13.5. The van der Waals surface area contributed by atoms with Crippen molar-refractivity contribution in [1.29, 1.82) is 0 Å². The van der Waals surface area contributed by atoms with Crippen LogP contribution < -0.4 is 20.5 Å². The Morgan fingerprint density at radius 2 is 1.13 bits per heavy atom. The van der Waals surface area contributed by atoms with Crippen molar-refractivity contribution in [2.75, 3.05) is 13.2 Å². The van der Waals surface area contributed by atoms with Crippen LogP contribution in [-0.4, -0.2) is 48.4 Å². The van der Waals surface area contributed by atoms with Gasteiger partial charge in [0.25, 0.3) is 0 Å². The summed E-state index contributed by atoms with van der Waals surface area (Å²) in [6.07, 6.45) is -2.53. The van der Waals surface area contributed by atoms with E-state index < -0.39 is 35.2 Å². The summed E-state index contributed by atoms with van der Waals surface area (Å²) in [5.41, 5.74) is 8.40. The van der Waals surface area contributed by atoms with Gasteiger partial charge in [-0.05, 0) is 99.4 Å². The Morgan fingerprint density at radius 3 is 1.60 bits per heavy atom. The predicted octanol–water partition coefficient (Wildman–Crippen LogP) is 7.85. The average molecular weight is 633 g/mol. The largest absolute Gasteiger partial charge is 0.519 e. The molecule has 0 aliphatic carbocycles. The second-order valence-electron chi connectivity index (χ2n) is 13.5. The summed E-state index contributed by atoms with van der Waals surface area (Å²) in [6, 6.07) is 12.1. The van der Waals surface area contributed by atoms with Crippen LogP contribution in [-0.2, 0) is 18.9 Å². The molecule has 11 nitrogen and oxygen atoms in total. The number of rotatable bonds is 1. The third-order valence-corrected chi connectivity index (χ3v) is 5.57. The number of carbonyl (C=O) groups is 3. The van der Waals surface area contributed by atoms with Gasteiger partial charge in [0.1, 0.15) is 41.5 Å². The average Bonchev–Trinajstić information content (AvgIpc) is 3.38. The monoisotopic (exact) mass is 632 g/mol. The number of hydrogen-bond donors (Lipinski definition) is 2. The third kappa shape index (κ3) is 14.6. The van der Waals surface area contributed by atoms with E-state index in [9.17, 15) is 14.4 Å². The summed E-state index contributed by atoms with van der Waals surface area (Å²) in [5.74, 6) is 1.80. The van der Waals surface area contributed by atoms with E-state index in [0.717, 1.165) is 28.2 Å². The molecule has 0 radical (unpaired) electrons. The van der Waals surface area contributed by atoms with Crippen LogP contribution >= 0.6 is 0 Å². The van der Waals surface area contributed by atoms with Crippen molar-refractivity contribution in [1.82, 2.24) is 5.32 Å². The lowest BCUT2D eigenvalue weighted by atomic mass is 10.1. The molecular formula is C34H52N2O9. The SMILES string of the molecule is C.CC(C)(C)OC(=O)OC(=O)OC(C)(C)C.Cc1ccc2c(c1)OC[C@H]2N.Cc1ccc2c(c1)OC[C@H]2NC(=O)OC(C)(C)C. The smallest absolute Gasteiger partial charge is 0.491 e. The summed E-state index contributed by atoms with van der Waals surface area (Å²) < 4.78 is 30.0. The van der Waals surface area contributed by atoms with Crippen molar-refractivity contribution in [2.24, 2.45) is 5.73 Å². The molecular weight excluding hydrogens is 580 g/mol. The summed E-state index contributed by atoms with van der Waals surface area (Å²) in [4.78, 5) is 33.7. The van der Waals surface area contributed by atoms with Gasteiger partial charge in [-0.3, -0.25) is 0 Å². The molecule has 1 amide bonds. The number of alkyl carbamates (subject to hydrolysis) is 1. The van der Waals surface area contributed by atoms with E-state index in [1.165, 1.54) is 5.56 Å². The van der Waals surface area contributed by atoms with E-state index in [1.54, 1.807) is 41.5 Å². The molecule has 0 aromatic heterocycles. The van der Waals surface area contributed by atoms with E-state index in [2.05, 4.69) is 16.1 Å². The van der Waals surface area contributed by atoms with Crippen LogP contribution in [0.3, 0.4) is 0 Å². The van der Waals surface area contributed by atoms with Crippen LogP contribution in [0.1, 0.15) is 104 Å². The zero-order chi connectivity index (χ0) is 33.5. The van der Waals surface area contributed by atoms with Gasteiger partial charge in [-0.1, -0.05) is 31.7 Å². The number of aryl methyl sites for hydroxylation is 2. The highest BCUT2D eigenvalue weighted by atomic mass is 16.8. The Morgan fingerprint density at radius 1 is 0.711 bits per heavy atom. The molecule has 4 rings (SSSR count). The molecule has 2 aromatic carbocycles. The molecule has 2 heterocycles. The van der Waals surface area contributed by atoms with Crippen LogP contribution in [0.2, 0.25) is 0 Å². The van der Waals surface area contributed by atoms with E-state index in [4.69, 9.17) is 29.4 Å². The molecule has 0 bridgehead atoms. The minimum absolute atomic E-state index is 0. The molecule has 252 valence electrons. The first-order valence-corrected chi connectivity index (χ1v) is 14.5. The van der Waals surface area contributed by atoms with Crippen LogP contribution in [0.5, 0.6) is 11.5 Å². The molecule has 2 aliphatic rings. The van der Waals surface area contributed by atoms with E-state index in [1.807, 2.05) is 65.0 Å². The van der Waals surface area contributed by atoms with Gasteiger partial charge in [0.05, 0.1) is 12.1 Å². The number of nitrogens with two attached hydrogens (primary N) is 1. The van der Waals surface area contributed by atoms with Crippen molar-refractivity contribution < 1.29 is 42.8 Å². The van der Waals surface area contributed by atoms with Gasteiger partial charge >= 0.3 is 18.4 Å². The maximum absolute atomic E-state index is 11.7. The summed E-state index contributed by atoms with van der Waals surface area (Å²) in [6.45, 7) is 20.7. The Bertz CT molecular complexity index is 1280. The fraction of sp³-hybridized carbons (Fsp3) is 0.559. The lowest BCUT2D eigenvalue weighted by Gasteiger charge is -2.21. The fourth-order valence-corrected chi connectivity index (χ4v) is 3.84. The minimum Gasteiger partial charge on any atom is -0.491 e. The summed E-state index contributed by atoms with van der Waals surface area (Å²) in [7, 11) is 0. The Labute approximate surface area is 268 Å². The molecule has 45 heavy (non-hydrogen) atoms. The quantitative estimate of drug-likeness (QED) is 0.181. The van der Waals surface area contributed by atoms with Crippen molar-refractivity contribution in [2.45, 2.75) is 112 Å². The highest BCUT2D eigenvalue weighted by Gasteiger charge is 2.28. The standard InChI is InChI=1S/C14H19NO3.C10H18O5.C9H11NO.CH4/c1-9-5-6-10-11(8-17-12(10)7-9)15-13(16)18-14(2,3)4;1-9(2,3)14-7(11)13-8(12)15-10(4,5)6;1-6-2-3-7-8(10)5-11-9(7)4-6;/h5-7,11H,8H2,1-4H3,(H,15,16);1-6H3;2-4,8H,5,10H2,1H3;1H4/t11-;;8-;/m1.1./s1. The Balaban J connectivity index is 0.000000343. The first kappa shape index (κ1) is 39.0. The fourth-order valence-electron chi connectivity index (χ4n) is 3.84. The number of hydrogen-bond acceptors (Lipinski definition) is 10. The maximum atomic E-state index is 11.7.